The molecule has 1 aromatic heterocycles. The fraction of sp³-hybridized carbons (Fsp3) is 0.296. The largest absolute Gasteiger partial charge is 0.497 e. The highest BCUT2D eigenvalue weighted by Crippen LogP contribution is 2.50. The summed E-state index contributed by atoms with van der Waals surface area (Å²) < 4.78 is 5.30. The van der Waals surface area contributed by atoms with Gasteiger partial charge >= 0.3 is 0 Å². The number of carbonyl (C=O) groups excluding carboxylic acids is 2. The van der Waals surface area contributed by atoms with Crippen molar-refractivity contribution in [2.75, 3.05) is 17.1 Å². The highest BCUT2D eigenvalue weighted by Gasteiger charge is 2.61. The van der Waals surface area contributed by atoms with Crippen LogP contribution in [0.3, 0.4) is 0 Å². The maximum atomic E-state index is 13.9. The minimum Gasteiger partial charge on any atom is -0.497 e. The van der Waals surface area contributed by atoms with Gasteiger partial charge in [-0.05, 0) is 61.1 Å². The zero-order valence-corrected chi connectivity index (χ0v) is 20.0. The smallest absolute Gasteiger partial charge is 0.267 e. The molecule has 2 aromatic carbocycles. The molecule has 3 atom stereocenters. The molecule has 0 saturated carbocycles. The number of benzene rings is 2. The predicted octanol–water partition coefficient (Wildman–Crippen LogP) is 4.56. The Kier molecular flexibility index (Phi) is 5.32. The van der Waals surface area contributed by atoms with Gasteiger partial charge < -0.3 is 4.74 Å². The number of hydrogen-bond donors (Lipinski definition) is 0. The van der Waals surface area contributed by atoms with Gasteiger partial charge in [0.15, 0.2) is 6.10 Å². The summed E-state index contributed by atoms with van der Waals surface area (Å²) in [6.07, 6.45) is 2.80. The molecule has 8 heteroatoms. The number of rotatable bonds is 4. The van der Waals surface area contributed by atoms with Gasteiger partial charge in [0.2, 0.25) is 5.91 Å². The number of hydroxylamine groups is 1. The number of nitriles is 1. The van der Waals surface area contributed by atoms with Gasteiger partial charge in [-0.15, -0.1) is 11.3 Å². The van der Waals surface area contributed by atoms with E-state index in [-0.39, 0.29) is 5.91 Å². The van der Waals surface area contributed by atoms with E-state index in [1.165, 1.54) is 16.2 Å². The Balaban J connectivity index is 1.43. The summed E-state index contributed by atoms with van der Waals surface area (Å²) in [6.45, 7) is 0. The molecular weight excluding hydrogens is 462 g/mol. The molecule has 6 rings (SSSR count). The molecule has 176 valence electrons. The first-order valence-corrected chi connectivity index (χ1v) is 12.5. The van der Waals surface area contributed by atoms with Crippen molar-refractivity contribution >= 4 is 33.8 Å². The summed E-state index contributed by atoms with van der Waals surface area (Å²) in [7, 11) is 1.60. The Morgan fingerprint density at radius 3 is 2.49 bits per heavy atom. The third-order valence-electron chi connectivity index (χ3n) is 7.05. The highest BCUT2D eigenvalue weighted by atomic mass is 32.1. The number of ether oxygens (including phenoxy) is 1. The topological polar surface area (TPSA) is 82.9 Å². The molecule has 3 aliphatic rings. The lowest BCUT2D eigenvalue weighted by Crippen LogP contribution is -2.37. The lowest BCUT2D eigenvalue weighted by atomic mass is 9.90. The number of methoxy groups -OCH3 is 1. The maximum absolute atomic E-state index is 13.9. The number of carbonyl (C=O) groups is 2. The summed E-state index contributed by atoms with van der Waals surface area (Å²) in [5.41, 5.74) is 3.07. The van der Waals surface area contributed by atoms with E-state index in [1.807, 2.05) is 54.6 Å². The third kappa shape index (κ3) is 3.34. The number of amides is 2. The molecule has 2 fully saturated rings. The number of anilines is 2. The Morgan fingerprint density at radius 1 is 1.03 bits per heavy atom. The van der Waals surface area contributed by atoms with Crippen molar-refractivity contribution in [3.8, 4) is 11.8 Å². The second kappa shape index (κ2) is 8.52. The van der Waals surface area contributed by atoms with Crippen LogP contribution in [-0.4, -0.2) is 25.0 Å². The molecule has 2 amide bonds. The average molecular weight is 486 g/mol. The molecule has 7 nitrogen and oxygen atoms in total. The molecule has 35 heavy (non-hydrogen) atoms. The van der Waals surface area contributed by atoms with Crippen LogP contribution in [0.5, 0.6) is 5.75 Å². The number of aryl methyl sites for hydroxylation is 1. The number of hydrogen-bond acceptors (Lipinski definition) is 7. The zero-order chi connectivity index (χ0) is 24.1. The van der Waals surface area contributed by atoms with Crippen LogP contribution in [0, 0.1) is 17.2 Å². The average Bonchev–Trinajstić information content (AvgIpc) is 3.54. The van der Waals surface area contributed by atoms with E-state index < -0.39 is 24.0 Å². The van der Waals surface area contributed by atoms with Gasteiger partial charge in [-0.25, -0.2) is 9.96 Å². The molecule has 0 N–H and O–H groups in total. The van der Waals surface area contributed by atoms with Crippen LogP contribution in [0.4, 0.5) is 10.7 Å². The van der Waals surface area contributed by atoms with Gasteiger partial charge in [0.05, 0.1) is 24.4 Å². The van der Waals surface area contributed by atoms with E-state index in [2.05, 4.69) is 6.07 Å². The Hall–Kier alpha value is -3.67. The number of imide groups is 1. The molecule has 1 aliphatic carbocycles. The van der Waals surface area contributed by atoms with Crippen LogP contribution >= 0.6 is 11.3 Å². The number of fused-ring (bicyclic) bond motifs is 2. The van der Waals surface area contributed by atoms with E-state index in [9.17, 15) is 14.9 Å². The lowest BCUT2D eigenvalue weighted by Gasteiger charge is -2.28. The van der Waals surface area contributed by atoms with Crippen molar-refractivity contribution in [2.45, 2.75) is 37.8 Å². The quantitative estimate of drug-likeness (QED) is 0.504. The fourth-order valence-electron chi connectivity index (χ4n) is 5.38. The normalized spacial score (nSPS) is 23.3. The maximum Gasteiger partial charge on any atom is 0.267 e. The van der Waals surface area contributed by atoms with Crippen LogP contribution in [0.2, 0.25) is 0 Å². The van der Waals surface area contributed by atoms with Crippen LogP contribution in [0.15, 0.2) is 54.6 Å². The molecule has 0 radical (unpaired) electrons. The van der Waals surface area contributed by atoms with Crippen molar-refractivity contribution in [1.82, 2.24) is 0 Å². The van der Waals surface area contributed by atoms with Crippen molar-refractivity contribution < 1.29 is 19.2 Å². The summed E-state index contributed by atoms with van der Waals surface area (Å²) in [5, 5.41) is 12.1. The molecule has 0 unspecified atom stereocenters. The second-order valence-electron chi connectivity index (χ2n) is 8.95. The van der Waals surface area contributed by atoms with Crippen molar-refractivity contribution in [3.63, 3.8) is 0 Å². The summed E-state index contributed by atoms with van der Waals surface area (Å²) in [5.74, 6) is -0.767. The van der Waals surface area contributed by atoms with E-state index in [0.717, 1.165) is 47.4 Å². The Bertz CT molecular complexity index is 1350. The van der Waals surface area contributed by atoms with Gasteiger partial charge in [-0.2, -0.15) is 5.26 Å². The highest BCUT2D eigenvalue weighted by molar-refractivity contribution is 7.17. The number of thiophene rings is 1. The van der Waals surface area contributed by atoms with E-state index in [1.54, 1.807) is 12.2 Å². The first-order chi connectivity index (χ1) is 17.1. The Labute approximate surface area is 207 Å². The summed E-state index contributed by atoms with van der Waals surface area (Å²) >= 11 is 1.41. The van der Waals surface area contributed by atoms with Crippen LogP contribution < -0.4 is 14.7 Å². The van der Waals surface area contributed by atoms with Gasteiger partial charge in [0, 0.05) is 4.88 Å². The minimum atomic E-state index is -0.958. The number of nitrogens with zero attached hydrogens (tertiary/aromatic N) is 3. The third-order valence-corrected chi connectivity index (χ3v) is 8.33. The van der Waals surface area contributed by atoms with Gasteiger partial charge in [-0.1, -0.05) is 30.3 Å². The molecule has 2 aliphatic heterocycles. The van der Waals surface area contributed by atoms with Gasteiger partial charge in [0.1, 0.15) is 22.7 Å². The standard InChI is InChI=1S/C27H23N3O4S/c1-33-18-13-11-16(12-14-18)23-22-24(34-30(23)17-7-3-2-4-8-17)26(32)29(25(22)31)27-20(15-28)19-9-5-6-10-21(19)35-27/h2-4,7-8,11-14,22-24H,5-6,9-10H2,1H3/t22-,23-,24+/m0/s1. The molecule has 3 aromatic rings. The van der Waals surface area contributed by atoms with Crippen molar-refractivity contribution in [3.05, 3.63) is 76.2 Å². The fourth-order valence-corrected chi connectivity index (χ4v) is 6.73. The van der Waals surface area contributed by atoms with E-state index >= 15 is 0 Å². The lowest BCUT2D eigenvalue weighted by molar-refractivity contribution is -0.126. The molecule has 2 saturated heterocycles. The van der Waals surface area contributed by atoms with Gasteiger partial charge in [-0.3, -0.25) is 14.4 Å². The monoisotopic (exact) mass is 485 g/mol. The van der Waals surface area contributed by atoms with Crippen LogP contribution in [0.1, 0.15) is 40.5 Å². The second-order valence-corrected chi connectivity index (χ2v) is 10.0. The Morgan fingerprint density at radius 2 is 1.77 bits per heavy atom. The summed E-state index contributed by atoms with van der Waals surface area (Å²) in [6, 6.07) is 18.7. The predicted molar refractivity (Wildman–Crippen MR) is 131 cm³/mol. The van der Waals surface area contributed by atoms with Gasteiger partial charge in [0.25, 0.3) is 5.91 Å². The number of para-hydroxylation sites is 1. The van der Waals surface area contributed by atoms with Crippen molar-refractivity contribution in [2.24, 2.45) is 5.92 Å². The zero-order valence-electron chi connectivity index (χ0n) is 19.1. The minimum absolute atomic E-state index is 0.325. The van der Waals surface area contributed by atoms with Crippen LogP contribution in [0.25, 0.3) is 0 Å². The van der Waals surface area contributed by atoms with Crippen molar-refractivity contribution in [1.29, 1.82) is 5.26 Å². The van der Waals surface area contributed by atoms with E-state index in [0.29, 0.717) is 16.3 Å². The molecule has 0 bridgehead atoms. The molecule has 0 spiro atoms. The van der Waals surface area contributed by atoms with Crippen LogP contribution in [-0.2, 0) is 27.3 Å². The first kappa shape index (κ1) is 21.8. The molecule has 3 heterocycles. The summed E-state index contributed by atoms with van der Waals surface area (Å²) in [4.78, 5) is 36.1. The SMILES string of the molecule is COc1ccc([C@H]2[C@@H]3C(=O)N(c4sc5c(c4C#N)CCCC5)C(=O)[C@@H]3ON2c2ccccc2)cc1. The first-order valence-electron chi connectivity index (χ1n) is 11.7. The molecular formula is C27H23N3O4S. The van der Waals surface area contributed by atoms with E-state index in [4.69, 9.17) is 9.57 Å².